The van der Waals surface area contributed by atoms with Gasteiger partial charge in [-0.1, -0.05) is 108 Å². The third kappa shape index (κ3) is 3.05. The Morgan fingerprint density at radius 3 is 1.86 bits per heavy atom. The van der Waals surface area contributed by atoms with E-state index in [1.54, 1.807) is 5.19 Å². The van der Waals surface area contributed by atoms with Crippen molar-refractivity contribution in [2.45, 2.75) is 19.5 Å². The van der Waals surface area contributed by atoms with Crippen LogP contribution in [0.5, 0.6) is 0 Å². The molecule has 0 nitrogen and oxygen atoms in total. The lowest BCUT2D eigenvalue weighted by molar-refractivity contribution is 1.20. The predicted octanol–water partition coefficient (Wildman–Crippen LogP) is 4.10. The van der Waals surface area contributed by atoms with Gasteiger partial charge in [-0.15, -0.1) is 0 Å². The first-order valence-electron chi connectivity index (χ1n) is 7.86. The standard InChI is InChI=1S/C21H22Si/c1-22(2,20-14-7-4-8-15-20)21-16-10-9-13-19(21)17-18-11-5-3-6-12-18/h3-16H,17H2,1-2H3. The van der Waals surface area contributed by atoms with Crippen molar-refractivity contribution in [1.82, 2.24) is 0 Å². The van der Waals surface area contributed by atoms with Gasteiger partial charge in [-0.25, -0.2) is 0 Å². The van der Waals surface area contributed by atoms with Gasteiger partial charge in [0.2, 0.25) is 0 Å². The first-order chi connectivity index (χ1) is 10.7. The highest BCUT2D eigenvalue weighted by Crippen LogP contribution is 2.13. The maximum Gasteiger partial charge on any atom is 0.112 e. The number of benzene rings is 3. The van der Waals surface area contributed by atoms with Gasteiger partial charge in [0.25, 0.3) is 0 Å². The van der Waals surface area contributed by atoms with E-state index in [2.05, 4.69) is 98.0 Å². The number of hydrogen-bond acceptors (Lipinski definition) is 0. The van der Waals surface area contributed by atoms with Gasteiger partial charge in [0, 0.05) is 0 Å². The lowest BCUT2D eigenvalue weighted by Gasteiger charge is -2.26. The minimum Gasteiger partial charge on any atom is -0.0626 e. The molecule has 3 aromatic carbocycles. The molecule has 0 saturated heterocycles. The van der Waals surface area contributed by atoms with Crippen LogP contribution < -0.4 is 10.4 Å². The van der Waals surface area contributed by atoms with Crippen molar-refractivity contribution in [3.63, 3.8) is 0 Å². The second-order valence-corrected chi connectivity index (χ2v) is 10.7. The quantitative estimate of drug-likeness (QED) is 0.637. The van der Waals surface area contributed by atoms with Crippen molar-refractivity contribution in [2.24, 2.45) is 0 Å². The van der Waals surface area contributed by atoms with Crippen LogP contribution in [0.2, 0.25) is 13.1 Å². The Morgan fingerprint density at radius 2 is 1.18 bits per heavy atom. The molecule has 0 unspecified atom stereocenters. The molecule has 0 aliphatic heterocycles. The third-order valence-electron chi connectivity index (χ3n) is 4.42. The second kappa shape index (κ2) is 6.33. The SMILES string of the molecule is C[Si](C)(c1ccccc1)c1ccccc1Cc1ccccc1. The highest BCUT2D eigenvalue weighted by atomic mass is 28.3. The van der Waals surface area contributed by atoms with Gasteiger partial charge in [0.05, 0.1) is 0 Å². The summed E-state index contributed by atoms with van der Waals surface area (Å²) < 4.78 is 0. The normalized spacial score (nSPS) is 11.4. The smallest absolute Gasteiger partial charge is 0.0626 e. The van der Waals surface area contributed by atoms with E-state index < -0.39 is 8.07 Å². The monoisotopic (exact) mass is 302 g/mol. The molecular formula is C21H22Si. The molecule has 0 heterocycles. The zero-order chi connectivity index (χ0) is 15.4. The molecule has 1 heteroatoms. The van der Waals surface area contributed by atoms with Crippen LogP contribution in [-0.2, 0) is 6.42 Å². The molecule has 0 atom stereocenters. The van der Waals surface area contributed by atoms with Gasteiger partial charge in [-0.2, -0.15) is 0 Å². The molecule has 0 fully saturated rings. The Labute approximate surface area is 134 Å². The Morgan fingerprint density at radius 1 is 0.636 bits per heavy atom. The van der Waals surface area contributed by atoms with Crippen molar-refractivity contribution in [3.05, 3.63) is 96.1 Å². The third-order valence-corrected chi connectivity index (χ3v) is 8.03. The Hall–Kier alpha value is -2.12. The number of hydrogen-bond donors (Lipinski definition) is 0. The summed E-state index contributed by atoms with van der Waals surface area (Å²) in [7, 11) is -1.65. The average molecular weight is 302 g/mol. The van der Waals surface area contributed by atoms with Crippen molar-refractivity contribution in [2.75, 3.05) is 0 Å². The van der Waals surface area contributed by atoms with E-state index in [1.807, 2.05) is 0 Å². The van der Waals surface area contributed by atoms with Crippen molar-refractivity contribution in [1.29, 1.82) is 0 Å². The largest absolute Gasteiger partial charge is 0.112 e. The van der Waals surface area contributed by atoms with Gasteiger partial charge >= 0.3 is 0 Å². The molecule has 0 amide bonds. The molecule has 0 bridgehead atoms. The zero-order valence-electron chi connectivity index (χ0n) is 13.3. The van der Waals surface area contributed by atoms with Crippen LogP contribution >= 0.6 is 0 Å². The summed E-state index contributed by atoms with van der Waals surface area (Å²) in [6, 6.07) is 30.7. The summed E-state index contributed by atoms with van der Waals surface area (Å²) >= 11 is 0. The van der Waals surface area contributed by atoms with Gasteiger partial charge in [0.15, 0.2) is 0 Å². The predicted molar refractivity (Wildman–Crippen MR) is 98.9 cm³/mol. The summed E-state index contributed by atoms with van der Waals surface area (Å²) in [5, 5.41) is 3.04. The molecular weight excluding hydrogens is 280 g/mol. The summed E-state index contributed by atoms with van der Waals surface area (Å²) in [6.07, 6.45) is 1.01. The van der Waals surface area contributed by atoms with Gasteiger partial charge in [-0.3, -0.25) is 0 Å². The summed E-state index contributed by atoms with van der Waals surface area (Å²) in [4.78, 5) is 0. The fraction of sp³-hybridized carbons (Fsp3) is 0.143. The van der Waals surface area contributed by atoms with Crippen LogP contribution in [-0.4, -0.2) is 8.07 Å². The zero-order valence-corrected chi connectivity index (χ0v) is 14.3. The molecule has 3 rings (SSSR count). The van der Waals surface area contributed by atoms with E-state index >= 15 is 0 Å². The van der Waals surface area contributed by atoms with Crippen molar-refractivity contribution >= 4 is 18.4 Å². The molecule has 0 saturated carbocycles. The molecule has 22 heavy (non-hydrogen) atoms. The first-order valence-corrected chi connectivity index (χ1v) is 10.9. The van der Waals surface area contributed by atoms with Crippen LogP contribution in [0.3, 0.4) is 0 Å². The summed E-state index contributed by atoms with van der Waals surface area (Å²) in [5.41, 5.74) is 2.85. The minimum absolute atomic E-state index is 1.01. The fourth-order valence-electron chi connectivity index (χ4n) is 3.11. The van der Waals surface area contributed by atoms with Crippen LogP contribution in [0.15, 0.2) is 84.9 Å². The lowest BCUT2D eigenvalue weighted by atomic mass is 10.1. The van der Waals surface area contributed by atoms with Gasteiger partial charge < -0.3 is 0 Å². The van der Waals surface area contributed by atoms with E-state index in [0.29, 0.717) is 0 Å². The van der Waals surface area contributed by atoms with Crippen molar-refractivity contribution < 1.29 is 0 Å². The van der Waals surface area contributed by atoms with E-state index in [9.17, 15) is 0 Å². The molecule has 3 aromatic rings. The second-order valence-electron chi connectivity index (χ2n) is 6.31. The molecule has 0 radical (unpaired) electrons. The van der Waals surface area contributed by atoms with Crippen molar-refractivity contribution in [3.8, 4) is 0 Å². The Kier molecular flexibility index (Phi) is 4.26. The highest BCUT2D eigenvalue weighted by Gasteiger charge is 2.27. The molecule has 0 aromatic heterocycles. The topological polar surface area (TPSA) is 0 Å². The fourth-order valence-corrected chi connectivity index (χ4v) is 5.93. The van der Waals surface area contributed by atoms with E-state index in [4.69, 9.17) is 0 Å². The van der Waals surface area contributed by atoms with E-state index in [0.717, 1.165) is 6.42 Å². The summed E-state index contributed by atoms with van der Waals surface area (Å²) in [5.74, 6) is 0. The maximum absolute atomic E-state index is 2.45. The van der Waals surface area contributed by atoms with Gasteiger partial charge in [-0.05, 0) is 17.5 Å². The Bertz CT molecular complexity index is 730. The van der Waals surface area contributed by atoms with E-state index in [1.165, 1.54) is 16.3 Å². The molecule has 0 aliphatic carbocycles. The van der Waals surface area contributed by atoms with Crippen LogP contribution in [0.4, 0.5) is 0 Å². The van der Waals surface area contributed by atoms with E-state index in [-0.39, 0.29) is 0 Å². The van der Waals surface area contributed by atoms with Gasteiger partial charge in [0.1, 0.15) is 8.07 Å². The molecule has 0 N–H and O–H groups in total. The molecule has 110 valence electrons. The molecule has 0 aliphatic rings. The minimum atomic E-state index is -1.65. The number of rotatable bonds is 4. The Balaban J connectivity index is 2.01. The molecule has 0 spiro atoms. The highest BCUT2D eigenvalue weighted by molar-refractivity contribution is 7.00. The van der Waals surface area contributed by atoms with Crippen LogP contribution in [0.25, 0.3) is 0 Å². The van der Waals surface area contributed by atoms with Crippen LogP contribution in [0, 0.1) is 0 Å². The average Bonchev–Trinajstić information content (AvgIpc) is 2.57. The maximum atomic E-state index is 2.45. The lowest BCUT2D eigenvalue weighted by Crippen LogP contribution is -2.54. The van der Waals surface area contributed by atoms with Crippen LogP contribution in [0.1, 0.15) is 11.1 Å². The summed E-state index contributed by atoms with van der Waals surface area (Å²) in [6.45, 7) is 4.90. The first kappa shape index (κ1) is 14.8.